The molecule has 0 radical (unpaired) electrons. The molecule has 1 aliphatic heterocycles. The Bertz CT molecular complexity index is 739. The molecule has 2 aromatic carbocycles. The van der Waals surface area contributed by atoms with Crippen LogP contribution in [-0.2, 0) is 17.9 Å². The Labute approximate surface area is 148 Å². The number of carbonyl (C=O) groups is 1. The lowest BCUT2D eigenvalue weighted by Gasteiger charge is -2.26. The molecule has 0 spiro atoms. The summed E-state index contributed by atoms with van der Waals surface area (Å²) >= 11 is 0. The molecular weight excluding hydrogens is 316 g/mol. The van der Waals surface area contributed by atoms with E-state index in [1.165, 1.54) is 0 Å². The fourth-order valence-corrected chi connectivity index (χ4v) is 2.93. The Morgan fingerprint density at radius 3 is 2.72 bits per heavy atom. The molecule has 0 bridgehead atoms. The van der Waals surface area contributed by atoms with Crippen LogP contribution in [0.3, 0.4) is 0 Å². The van der Waals surface area contributed by atoms with Gasteiger partial charge in [0.2, 0.25) is 0 Å². The van der Waals surface area contributed by atoms with Crippen molar-refractivity contribution in [3.8, 4) is 0 Å². The Hall–Kier alpha value is -2.21. The van der Waals surface area contributed by atoms with E-state index in [0.717, 1.165) is 55.2 Å². The molecule has 0 unspecified atom stereocenters. The molecule has 1 fully saturated rings. The number of hydrogen-bond acceptors (Lipinski definition) is 4. The maximum Gasteiger partial charge on any atom is 0.255 e. The summed E-state index contributed by atoms with van der Waals surface area (Å²) in [6, 6.07) is 13.3. The lowest BCUT2D eigenvalue weighted by molar-refractivity contribution is 0.0342. The van der Waals surface area contributed by atoms with E-state index < -0.39 is 0 Å². The minimum Gasteiger partial charge on any atom is -0.392 e. The van der Waals surface area contributed by atoms with E-state index in [4.69, 9.17) is 4.74 Å². The molecule has 0 atom stereocenters. The summed E-state index contributed by atoms with van der Waals surface area (Å²) in [6.07, 6.45) is 0. The first kappa shape index (κ1) is 17.6. The lowest BCUT2D eigenvalue weighted by atomic mass is 10.1. The van der Waals surface area contributed by atoms with Gasteiger partial charge in [0.15, 0.2) is 0 Å². The second kappa shape index (κ2) is 8.25. The number of aryl methyl sites for hydroxylation is 1. The number of nitrogens with zero attached hydrogens (tertiary/aromatic N) is 1. The number of amides is 1. The maximum absolute atomic E-state index is 12.6. The van der Waals surface area contributed by atoms with Gasteiger partial charge in [-0.2, -0.15) is 0 Å². The number of hydrogen-bond donors (Lipinski definition) is 2. The predicted molar refractivity (Wildman–Crippen MR) is 97.6 cm³/mol. The van der Waals surface area contributed by atoms with Crippen molar-refractivity contribution < 1.29 is 14.6 Å². The van der Waals surface area contributed by atoms with Crippen LogP contribution in [0.5, 0.6) is 0 Å². The van der Waals surface area contributed by atoms with Gasteiger partial charge in [0, 0.05) is 30.9 Å². The van der Waals surface area contributed by atoms with Crippen LogP contribution < -0.4 is 5.32 Å². The van der Waals surface area contributed by atoms with Crippen molar-refractivity contribution in [2.45, 2.75) is 20.1 Å². The van der Waals surface area contributed by atoms with E-state index in [1.54, 1.807) is 0 Å². The third kappa shape index (κ3) is 4.66. The average molecular weight is 340 g/mol. The number of carbonyl (C=O) groups excluding carboxylic acids is 1. The lowest BCUT2D eigenvalue weighted by Crippen LogP contribution is -2.35. The highest BCUT2D eigenvalue weighted by atomic mass is 16.5. The van der Waals surface area contributed by atoms with Gasteiger partial charge in [-0.15, -0.1) is 0 Å². The van der Waals surface area contributed by atoms with E-state index in [9.17, 15) is 9.90 Å². The number of benzene rings is 2. The van der Waals surface area contributed by atoms with Crippen LogP contribution in [0, 0.1) is 6.92 Å². The Morgan fingerprint density at radius 2 is 1.96 bits per heavy atom. The van der Waals surface area contributed by atoms with E-state index in [-0.39, 0.29) is 12.5 Å². The molecule has 0 aliphatic carbocycles. The number of rotatable bonds is 5. The highest BCUT2D eigenvalue weighted by Gasteiger charge is 2.13. The number of nitrogens with one attached hydrogen (secondary N) is 1. The highest BCUT2D eigenvalue weighted by Crippen LogP contribution is 2.19. The van der Waals surface area contributed by atoms with E-state index in [2.05, 4.69) is 10.2 Å². The molecular formula is C20H24N2O3. The molecule has 0 aromatic heterocycles. The quantitative estimate of drug-likeness (QED) is 0.878. The molecule has 3 rings (SSSR count). The van der Waals surface area contributed by atoms with Crippen molar-refractivity contribution in [2.24, 2.45) is 0 Å². The summed E-state index contributed by atoms with van der Waals surface area (Å²) in [5.74, 6) is -0.137. The van der Waals surface area contributed by atoms with Crippen molar-refractivity contribution in [3.63, 3.8) is 0 Å². The molecule has 2 N–H and O–H groups in total. The van der Waals surface area contributed by atoms with Gasteiger partial charge in [-0.1, -0.05) is 24.3 Å². The second-order valence-electron chi connectivity index (χ2n) is 6.35. The SMILES string of the molecule is Cc1ccc(CO)cc1NC(=O)c1cccc(CN2CCOCC2)c1. The smallest absolute Gasteiger partial charge is 0.255 e. The van der Waals surface area contributed by atoms with Crippen molar-refractivity contribution in [1.82, 2.24) is 4.90 Å². The Kier molecular flexibility index (Phi) is 5.81. The zero-order chi connectivity index (χ0) is 17.6. The standard InChI is InChI=1S/C20H24N2O3/c1-15-5-6-17(14-23)12-19(15)21-20(24)18-4-2-3-16(11-18)13-22-7-9-25-10-8-22/h2-6,11-12,23H,7-10,13-14H2,1H3,(H,21,24). The molecule has 1 aliphatic rings. The summed E-state index contributed by atoms with van der Waals surface area (Å²) < 4.78 is 5.37. The fourth-order valence-electron chi connectivity index (χ4n) is 2.93. The van der Waals surface area contributed by atoms with Crippen LogP contribution >= 0.6 is 0 Å². The van der Waals surface area contributed by atoms with Gasteiger partial charge in [-0.05, 0) is 41.8 Å². The number of aliphatic hydroxyl groups excluding tert-OH is 1. The highest BCUT2D eigenvalue weighted by molar-refractivity contribution is 6.04. The minimum atomic E-state index is -0.137. The van der Waals surface area contributed by atoms with Gasteiger partial charge in [-0.25, -0.2) is 0 Å². The topological polar surface area (TPSA) is 61.8 Å². The summed E-state index contributed by atoms with van der Waals surface area (Å²) in [4.78, 5) is 14.9. The zero-order valence-corrected chi connectivity index (χ0v) is 14.5. The zero-order valence-electron chi connectivity index (χ0n) is 14.5. The largest absolute Gasteiger partial charge is 0.392 e. The number of ether oxygens (including phenoxy) is 1. The second-order valence-corrected chi connectivity index (χ2v) is 6.35. The normalized spacial score (nSPS) is 15.1. The van der Waals surface area contributed by atoms with Crippen molar-refractivity contribution in [3.05, 3.63) is 64.7 Å². The first-order valence-electron chi connectivity index (χ1n) is 8.56. The van der Waals surface area contributed by atoms with Crippen LogP contribution in [0.4, 0.5) is 5.69 Å². The maximum atomic E-state index is 12.6. The predicted octanol–water partition coefficient (Wildman–Crippen LogP) is 2.57. The third-order valence-electron chi connectivity index (χ3n) is 4.43. The number of anilines is 1. The molecule has 1 amide bonds. The first-order chi connectivity index (χ1) is 12.2. The molecule has 132 valence electrons. The summed E-state index contributed by atoms with van der Waals surface area (Å²) in [5, 5.41) is 12.2. The van der Waals surface area contributed by atoms with Crippen molar-refractivity contribution >= 4 is 11.6 Å². The van der Waals surface area contributed by atoms with Crippen LogP contribution in [0.1, 0.15) is 27.0 Å². The monoisotopic (exact) mass is 340 g/mol. The van der Waals surface area contributed by atoms with Crippen LogP contribution in [0.15, 0.2) is 42.5 Å². The fraction of sp³-hybridized carbons (Fsp3) is 0.350. The third-order valence-corrected chi connectivity index (χ3v) is 4.43. The molecule has 25 heavy (non-hydrogen) atoms. The Morgan fingerprint density at radius 1 is 1.16 bits per heavy atom. The summed E-state index contributed by atoms with van der Waals surface area (Å²) in [6.45, 7) is 6.09. The van der Waals surface area contributed by atoms with E-state index in [0.29, 0.717) is 5.56 Å². The number of morpholine rings is 1. The van der Waals surface area contributed by atoms with E-state index >= 15 is 0 Å². The van der Waals surface area contributed by atoms with Gasteiger partial charge < -0.3 is 15.2 Å². The molecule has 1 heterocycles. The van der Waals surface area contributed by atoms with Gasteiger partial charge in [-0.3, -0.25) is 9.69 Å². The van der Waals surface area contributed by atoms with Crippen molar-refractivity contribution in [1.29, 1.82) is 0 Å². The van der Waals surface area contributed by atoms with Gasteiger partial charge in [0.25, 0.3) is 5.91 Å². The first-order valence-corrected chi connectivity index (χ1v) is 8.56. The molecule has 1 saturated heterocycles. The van der Waals surface area contributed by atoms with E-state index in [1.807, 2.05) is 49.4 Å². The summed E-state index contributed by atoms with van der Waals surface area (Å²) in [7, 11) is 0. The molecule has 5 heteroatoms. The minimum absolute atomic E-state index is 0.0435. The van der Waals surface area contributed by atoms with Gasteiger partial charge in [0.1, 0.15) is 0 Å². The summed E-state index contributed by atoms with van der Waals surface area (Å²) in [5.41, 5.74) is 4.24. The average Bonchev–Trinajstić information content (AvgIpc) is 2.64. The van der Waals surface area contributed by atoms with Gasteiger partial charge in [0.05, 0.1) is 19.8 Å². The molecule has 5 nitrogen and oxygen atoms in total. The van der Waals surface area contributed by atoms with Crippen molar-refractivity contribution in [2.75, 3.05) is 31.6 Å². The van der Waals surface area contributed by atoms with Gasteiger partial charge >= 0.3 is 0 Å². The Balaban J connectivity index is 1.70. The van der Waals surface area contributed by atoms with Crippen LogP contribution in [-0.4, -0.2) is 42.2 Å². The number of aliphatic hydroxyl groups is 1. The van der Waals surface area contributed by atoms with Crippen LogP contribution in [0.25, 0.3) is 0 Å². The molecule has 0 saturated carbocycles. The van der Waals surface area contributed by atoms with Crippen LogP contribution in [0.2, 0.25) is 0 Å². The molecule has 2 aromatic rings.